The molecule has 0 aromatic heterocycles. The largest absolute Gasteiger partial charge is 0.472 e. The molecule has 0 aliphatic carbocycles. The number of ether oxygens (including phenoxy) is 4. The van der Waals surface area contributed by atoms with Gasteiger partial charge in [-0.25, -0.2) is 9.13 Å². The molecule has 0 amide bonds. The smallest absolute Gasteiger partial charge is 0.462 e. The predicted octanol–water partition coefficient (Wildman–Crippen LogP) is 23.8. The number of carbonyl (C=O) groups excluding carboxylic acids is 4. The highest BCUT2D eigenvalue weighted by atomic mass is 31.2. The van der Waals surface area contributed by atoms with Gasteiger partial charge in [-0.15, -0.1) is 0 Å². The van der Waals surface area contributed by atoms with Crippen LogP contribution in [0.25, 0.3) is 0 Å². The molecule has 0 radical (unpaired) electrons. The first-order chi connectivity index (χ1) is 47.7. The summed E-state index contributed by atoms with van der Waals surface area (Å²) in [6.07, 6.45) is 65.1. The molecule has 0 saturated heterocycles. The van der Waals surface area contributed by atoms with Crippen molar-refractivity contribution in [2.24, 2.45) is 0 Å². The minimum atomic E-state index is -4.96. The average molecular weight is 1440 g/mol. The van der Waals surface area contributed by atoms with Crippen LogP contribution >= 0.6 is 15.6 Å². The molecule has 5 atom stereocenters. The predicted molar refractivity (Wildman–Crippen MR) is 400 cm³/mol. The fraction of sp³-hybridized carbons (Fsp3) is 0.949. The van der Waals surface area contributed by atoms with Crippen molar-refractivity contribution in [3.05, 3.63) is 0 Å². The summed E-state index contributed by atoms with van der Waals surface area (Å²) >= 11 is 0. The van der Waals surface area contributed by atoms with E-state index in [0.29, 0.717) is 25.7 Å². The van der Waals surface area contributed by atoms with Gasteiger partial charge < -0.3 is 33.8 Å². The van der Waals surface area contributed by atoms with Gasteiger partial charge in [-0.05, 0) is 25.7 Å². The zero-order valence-corrected chi connectivity index (χ0v) is 65.6. The van der Waals surface area contributed by atoms with E-state index >= 15 is 0 Å². The molecule has 0 rings (SSSR count). The molecule has 0 aliphatic heterocycles. The van der Waals surface area contributed by atoms with E-state index in [1.807, 2.05) is 0 Å². The van der Waals surface area contributed by atoms with Crippen LogP contribution in [0.15, 0.2) is 0 Å². The first-order valence-corrected chi connectivity index (χ1v) is 44.3. The SMILES string of the molecule is CCCCCCCCCCCCCCCCCCCCC(=O)O[C@H](COC(=O)CCCCCCCCCCCCCCCCCCC)COP(=O)(O)OC[C@@H](O)COP(=O)(O)OC[C@@H](COC(=O)CCCCCCCCCCC)OC(=O)CCCCCCCCCCCCCCCC. The highest BCUT2D eigenvalue weighted by Crippen LogP contribution is 2.45. The van der Waals surface area contributed by atoms with Crippen LogP contribution in [-0.2, 0) is 65.4 Å². The van der Waals surface area contributed by atoms with Crippen molar-refractivity contribution in [3.8, 4) is 0 Å². The van der Waals surface area contributed by atoms with Gasteiger partial charge in [-0.1, -0.05) is 374 Å². The van der Waals surface area contributed by atoms with Gasteiger partial charge in [0, 0.05) is 25.7 Å². The van der Waals surface area contributed by atoms with E-state index in [-0.39, 0.29) is 25.7 Å². The Morgan fingerprint density at radius 1 is 0.245 bits per heavy atom. The van der Waals surface area contributed by atoms with E-state index in [1.54, 1.807) is 0 Å². The van der Waals surface area contributed by atoms with E-state index in [1.165, 1.54) is 257 Å². The van der Waals surface area contributed by atoms with Crippen molar-refractivity contribution >= 4 is 39.5 Å². The van der Waals surface area contributed by atoms with Crippen molar-refractivity contribution in [2.75, 3.05) is 39.6 Å². The van der Waals surface area contributed by atoms with Crippen LogP contribution in [0.4, 0.5) is 0 Å². The third kappa shape index (κ3) is 72.4. The molecule has 0 aromatic rings. The molecule has 0 heterocycles. The lowest BCUT2D eigenvalue weighted by atomic mass is 10.0. The Hall–Kier alpha value is -1.94. The molecule has 0 fully saturated rings. The number of aliphatic hydroxyl groups excluding tert-OH is 1. The van der Waals surface area contributed by atoms with Crippen LogP contribution in [0.2, 0.25) is 0 Å². The van der Waals surface area contributed by atoms with Gasteiger partial charge in [0.05, 0.1) is 26.4 Å². The Morgan fingerprint density at radius 3 is 0.602 bits per heavy atom. The van der Waals surface area contributed by atoms with Crippen LogP contribution in [0.3, 0.4) is 0 Å². The van der Waals surface area contributed by atoms with Gasteiger partial charge in [0.2, 0.25) is 0 Å². The number of aliphatic hydroxyl groups is 1. The van der Waals surface area contributed by atoms with E-state index in [0.717, 1.165) is 89.9 Å². The Kier molecular flexibility index (Phi) is 71.9. The second-order valence-corrected chi connectivity index (χ2v) is 31.4. The summed E-state index contributed by atoms with van der Waals surface area (Å²) in [5, 5.41) is 10.6. The molecule has 0 saturated carbocycles. The van der Waals surface area contributed by atoms with Gasteiger partial charge in [-0.2, -0.15) is 0 Å². The number of hydrogen-bond donors (Lipinski definition) is 3. The first kappa shape index (κ1) is 96.1. The molecular weight excluding hydrogens is 1280 g/mol. The second-order valence-electron chi connectivity index (χ2n) is 28.5. The summed E-state index contributed by atoms with van der Waals surface area (Å²) in [5.41, 5.74) is 0. The minimum Gasteiger partial charge on any atom is -0.462 e. The molecule has 98 heavy (non-hydrogen) atoms. The monoisotopic (exact) mass is 1440 g/mol. The summed E-state index contributed by atoms with van der Waals surface area (Å²) in [7, 11) is -9.91. The van der Waals surface area contributed by atoms with E-state index < -0.39 is 97.5 Å². The maximum absolute atomic E-state index is 13.1. The summed E-state index contributed by atoms with van der Waals surface area (Å²) in [4.78, 5) is 72.9. The lowest BCUT2D eigenvalue weighted by Gasteiger charge is -2.21. The van der Waals surface area contributed by atoms with E-state index in [2.05, 4.69) is 27.7 Å². The van der Waals surface area contributed by atoms with Crippen LogP contribution < -0.4 is 0 Å². The van der Waals surface area contributed by atoms with Gasteiger partial charge in [0.25, 0.3) is 0 Å². The lowest BCUT2D eigenvalue weighted by molar-refractivity contribution is -0.161. The molecule has 0 bridgehead atoms. The summed E-state index contributed by atoms with van der Waals surface area (Å²) < 4.78 is 68.6. The third-order valence-electron chi connectivity index (χ3n) is 18.6. The Labute approximate surface area is 600 Å². The van der Waals surface area contributed by atoms with Gasteiger partial charge in [0.15, 0.2) is 12.2 Å². The average Bonchev–Trinajstić information content (AvgIpc) is 1.01. The Balaban J connectivity index is 5.22. The fourth-order valence-electron chi connectivity index (χ4n) is 12.3. The van der Waals surface area contributed by atoms with E-state index in [4.69, 9.17) is 37.0 Å². The second kappa shape index (κ2) is 73.4. The molecular formula is C79H154O17P2. The molecule has 17 nitrogen and oxygen atoms in total. The number of carbonyl (C=O) groups is 4. The van der Waals surface area contributed by atoms with Crippen molar-refractivity contribution < 1.29 is 80.2 Å². The van der Waals surface area contributed by atoms with Gasteiger partial charge in [-0.3, -0.25) is 37.3 Å². The standard InChI is InChI=1S/C79H154O17P2/c1-5-9-13-17-21-25-28-31-34-36-38-40-43-46-50-54-58-62-66-79(84)96-75(70-90-77(82)64-60-56-52-48-44-42-39-37-35-32-29-26-22-18-14-10-6-2)72-94-98(87,88)92-68-73(80)67-91-97(85,86)93-71-74(69-89-76(81)63-59-55-51-47-24-20-16-12-8-4)95-78(83)65-61-57-53-49-45-41-33-30-27-23-19-15-11-7-3/h73-75,80H,5-72H2,1-4H3,(H,85,86)(H,87,88)/t73-,74+,75+/m0/s1. The molecule has 2 unspecified atom stereocenters. The Bertz CT molecular complexity index is 1860. The minimum absolute atomic E-state index is 0.109. The molecule has 3 N–H and O–H groups in total. The number of phosphoric acid groups is 2. The number of rotatable bonds is 80. The zero-order valence-electron chi connectivity index (χ0n) is 63.8. The summed E-state index contributed by atoms with van der Waals surface area (Å²) in [5.74, 6) is -2.11. The van der Waals surface area contributed by atoms with Crippen LogP contribution in [0.1, 0.15) is 426 Å². The number of phosphoric ester groups is 2. The van der Waals surface area contributed by atoms with Crippen LogP contribution in [0.5, 0.6) is 0 Å². The van der Waals surface area contributed by atoms with Crippen molar-refractivity contribution in [1.82, 2.24) is 0 Å². The molecule has 582 valence electrons. The summed E-state index contributed by atoms with van der Waals surface area (Å²) in [6.45, 7) is 5.00. The number of esters is 4. The van der Waals surface area contributed by atoms with Crippen molar-refractivity contribution in [1.29, 1.82) is 0 Å². The maximum Gasteiger partial charge on any atom is 0.472 e. The van der Waals surface area contributed by atoms with Crippen molar-refractivity contribution in [2.45, 2.75) is 444 Å². The first-order valence-electron chi connectivity index (χ1n) is 41.3. The normalized spacial score (nSPS) is 13.8. The highest BCUT2D eigenvalue weighted by Gasteiger charge is 2.30. The Morgan fingerprint density at radius 2 is 0.408 bits per heavy atom. The van der Waals surface area contributed by atoms with Crippen molar-refractivity contribution in [3.63, 3.8) is 0 Å². The topological polar surface area (TPSA) is 237 Å². The maximum atomic E-state index is 13.1. The quantitative estimate of drug-likeness (QED) is 0.0222. The number of unbranched alkanes of at least 4 members (excludes halogenated alkanes) is 54. The lowest BCUT2D eigenvalue weighted by Crippen LogP contribution is -2.30. The van der Waals surface area contributed by atoms with Gasteiger partial charge >= 0.3 is 39.5 Å². The molecule has 0 spiro atoms. The number of hydrogen-bond acceptors (Lipinski definition) is 15. The van der Waals surface area contributed by atoms with E-state index in [9.17, 15) is 43.2 Å². The molecule has 19 heteroatoms. The van der Waals surface area contributed by atoms with Gasteiger partial charge in [0.1, 0.15) is 19.3 Å². The highest BCUT2D eigenvalue weighted by molar-refractivity contribution is 7.47. The summed E-state index contributed by atoms with van der Waals surface area (Å²) in [6, 6.07) is 0. The zero-order chi connectivity index (χ0) is 71.8. The fourth-order valence-corrected chi connectivity index (χ4v) is 13.9. The molecule has 0 aliphatic rings. The molecule has 0 aromatic carbocycles. The van der Waals surface area contributed by atoms with Crippen LogP contribution in [-0.4, -0.2) is 96.7 Å². The third-order valence-corrected chi connectivity index (χ3v) is 20.5. The van der Waals surface area contributed by atoms with Crippen LogP contribution in [0, 0.1) is 0 Å².